The average molecular weight is 365 g/mol. The van der Waals surface area contributed by atoms with E-state index < -0.39 is 0 Å². The van der Waals surface area contributed by atoms with Gasteiger partial charge >= 0.3 is 135 Å². The molecule has 0 amide bonds. The number of halogens is 4. The predicted octanol–water partition coefficient (Wildman–Crippen LogP) is -20.3. The van der Waals surface area contributed by atoms with Crippen LogP contribution in [0.5, 0.6) is 0 Å². The van der Waals surface area contributed by atoms with Crippen LogP contribution in [0.2, 0.25) is 0 Å². The molecule has 0 heterocycles. The second-order valence-corrected chi connectivity index (χ2v) is 0.0913. The van der Waals surface area contributed by atoms with E-state index in [1.165, 1.54) is 0 Å². The summed E-state index contributed by atoms with van der Waals surface area (Å²) < 4.78 is 0. The Kier molecular flexibility index (Phi) is 1290. The molecule has 74 valence electrons. The molecule has 0 saturated carbocycles. The zero-order valence-corrected chi connectivity index (χ0v) is 19.1. The van der Waals surface area contributed by atoms with Gasteiger partial charge in [0.25, 0.3) is 0 Å². The first kappa shape index (κ1) is 125. The molecule has 0 unspecified atom stereocenters. The van der Waals surface area contributed by atoms with Gasteiger partial charge in [0.05, 0.1) is 0 Å². The van der Waals surface area contributed by atoms with Gasteiger partial charge in [-0.05, 0) is 0 Å². The van der Waals surface area contributed by atoms with E-state index in [-0.39, 0.29) is 201 Å². The van der Waals surface area contributed by atoms with Crippen molar-refractivity contribution in [3.63, 3.8) is 0 Å². The summed E-state index contributed by atoms with van der Waals surface area (Å²) in [5.74, 6) is 0. The number of aliphatic hydroxyl groups excluding tert-OH is 1. The summed E-state index contributed by atoms with van der Waals surface area (Å²) in [6.07, 6.45) is 0. The topological polar surface area (TPSA) is 129 Å². The van der Waals surface area contributed by atoms with Crippen LogP contribution < -0.4 is 109 Å². The summed E-state index contributed by atoms with van der Waals surface area (Å²) in [6, 6.07) is 0. The maximum atomic E-state index is 8.24. The summed E-state index contributed by atoms with van der Waals surface area (Å²) >= 11 is 0. The van der Waals surface area contributed by atoms with Gasteiger partial charge in [-0.25, -0.2) is 0 Å². The smallest absolute Gasteiger partial charge is 1.00 e. The van der Waals surface area contributed by atoms with Crippen molar-refractivity contribution in [1.82, 2.24) is 0 Å². The molecule has 0 saturated heterocycles. The zero-order chi connectivity index (χ0) is 2.71. The third-order valence-corrected chi connectivity index (χ3v) is 0. The zero-order valence-electron chi connectivity index (χ0n) is 7.68. The first-order valence-electron chi connectivity index (χ1n) is 0.428. The molecule has 0 radical (unpaired) electrons. The second kappa shape index (κ2) is 144. The van der Waals surface area contributed by atoms with Crippen LogP contribution in [0, 0.1) is 0 Å². The van der Waals surface area contributed by atoms with Crippen LogP contribution in [0.25, 0.3) is 0 Å². The molecule has 14 heavy (non-hydrogen) atoms. The molecule has 0 spiro atoms. The van der Waals surface area contributed by atoms with Crippen molar-refractivity contribution < 1.29 is 135 Å². The van der Waals surface area contributed by atoms with Crippen LogP contribution in [0.1, 0.15) is 0 Å². The summed E-state index contributed by atoms with van der Waals surface area (Å²) in [5.41, 5.74) is 0. The molecule has 5 nitrogen and oxygen atoms in total. The molecular weight excluding hydrogens is 360 g/mol. The van der Waals surface area contributed by atoms with Gasteiger partial charge in [0, 0.05) is 0 Å². The SMILES string of the molecule is O.O=[C-]O.[Ca+2].[Ca+2].[Cl-].[Cl-].[Cl-].[Cl-].[Na+].[Na+].[OH-].[OH-]. The summed E-state index contributed by atoms with van der Waals surface area (Å²) in [5, 5.41) is 6.76. The third-order valence-electron chi connectivity index (χ3n) is 0. The van der Waals surface area contributed by atoms with E-state index in [0.717, 1.165) is 0 Å². The van der Waals surface area contributed by atoms with E-state index in [4.69, 9.17) is 9.90 Å². The summed E-state index contributed by atoms with van der Waals surface area (Å²) in [4.78, 5) is 8.24. The van der Waals surface area contributed by atoms with Crippen molar-refractivity contribution in [3.05, 3.63) is 0 Å². The minimum absolute atomic E-state index is 0. The monoisotopic (exact) mass is 363 g/mol. The Bertz CT molecular complexity index is 37.2. The van der Waals surface area contributed by atoms with E-state index in [1.807, 2.05) is 0 Å². The van der Waals surface area contributed by atoms with E-state index in [1.54, 1.807) is 0 Å². The second-order valence-electron chi connectivity index (χ2n) is 0.0913. The van der Waals surface area contributed by atoms with Crippen molar-refractivity contribution in [2.75, 3.05) is 0 Å². The first-order valence-corrected chi connectivity index (χ1v) is 0.428. The molecule has 0 aliphatic heterocycles. The average Bonchev–Trinajstić information content (AvgIpc) is 0.918. The van der Waals surface area contributed by atoms with E-state index in [0.29, 0.717) is 6.47 Å². The molecular formula is CH5Ca2Cl4Na2O5-. The Balaban J connectivity index is -0.000000000364. The van der Waals surface area contributed by atoms with Gasteiger partial charge in [0.1, 0.15) is 0 Å². The van der Waals surface area contributed by atoms with E-state index in [9.17, 15) is 0 Å². The van der Waals surface area contributed by atoms with E-state index >= 15 is 0 Å². The van der Waals surface area contributed by atoms with Crippen LogP contribution in [0.15, 0.2) is 0 Å². The van der Waals surface area contributed by atoms with Gasteiger partial charge in [-0.2, -0.15) is 0 Å². The third kappa shape index (κ3) is 173. The molecule has 0 rings (SSSR count). The van der Waals surface area contributed by atoms with Crippen molar-refractivity contribution >= 4 is 81.9 Å². The number of hydrogen-bond acceptors (Lipinski definition) is 3. The van der Waals surface area contributed by atoms with Gasteiger partial charge in [-0.15, -0.1) is 0 Å². The minimum Gasteiger partial charge on any atom is -1.00 e. The molecule has 0 aromatic carbocycles. The van der Waals surface area contributed by atoms with Crippen LogP contribution in [0.3, 0.4) is 0 Å². The molecule has 0 atom stereocenters. The minimum atomic E-state index is 0. The van der Waals surface area contributed by atoms with E-state index in [2.05, 4.69) is 0 Å². The Labute approximate surface area is 212 Å². The quantitative estimate of drug-likeness (QED) is 0.338. The molecule has 0 bridgehead atoms. The summed E-state index contributed by atoms with van der Waals surface area (Å²) in [6.45, 7) is 0.500. The fraction of sp³-hybridized carbons (Fsp3) is 0. The van der Waals surface area contributed by atoms with Crippen LogP contribution in [-0.4, -0.2) is 103 Å². The Morgan fingerprint density at radius 1 is 0.786 bits per heavy atom. The van der Waals surface area contributed by atoms with Gasteiger partial charge in [-0.1, -0.05) is 6.47 Å². The fourth-order valence-electron chi connectivity index (χ4n) is 0. The van der Waals surface area contributed by atoms with Crippen molar-refractivity contribution in [1.29, 1.82) is 0 Å². The Morgan fingerprint density at radius 3 is 0.786 bits per heavy atom. The largest absolute Gasteiger partial charge is 2.00 e. The van der Waals surface area contributed by atoms with Crippen LogP contribution in [-0.2, 0) is 4.79 Å². The van der Waals surface area contributed by atoms with Gasteiger partial charge in [-0.3, -0.25) is 0 Å². The molecule has 0 aliphatic carbocycles. The van der Waals surface area contributed by atoms with Gasteiger partial charge in [0.15, 0.2) is 0 Å². The molecule has 0 fully saturated rings. The summed E-state index contributed by atoms with van der Waals surface area (Å²) in [7, 11) is 0. The standard InChI is InChI=1S/CHO2.2Ca.4ClH.2Na.3H2O/c2-1-3;;;;;;;;;;;/h(H,2,3);;;4*1H;;;3*1H2/q-1;2*+2;;;;;2*+1;;;/p-6. The van der Waals surface area contributed by atoms with Crippen molar-refractivity contribution in [2.24, 2.45) is 0 Å². The van der Waals surface area contributed by atoms with Crippen molar-refractivity contribution in [3.8, 4) is 0 Å². The maximum Gasteiger partial charge on any atom is 2.00 e. The van der Waals surface area contributed by atoms with Crippen LogP contribution >= 0.6 is 0 Å². The molecule has 5 N–H and O–H groups in total. The normalized spacial score (nSPS) is 0.857. The number of rotatable bonds is 0. The molecule has 0 aromatic rings. The van der Waals surface area contributed by atoms with Gasteiger partial charge in [0.2, 0.25) is 0 Å². The number of hydrogen-bond donors (Lipinski definition) is 1. The van der Waals surface area contributed by atoms with Crippen molar-refractivity contribution in [2.45, 2.75) is 0 Å². The maximum absolute atomic E-state index is 8.24. The Hall–Kier alpha value is 5.03. The molecule has 13 heteroatoms. The molecule has 0 aliphatic rings. The Morgan fingerprint density at radius 2 is 0.786 bits per heavy atom. The van der Waals surface area contributed by atoms with Crippen LogP contribution in [0.4, 0.5) is 0 Å². The first-order chi connectivity index (χ1) is 1.41. The van der Waals surface area contributed by atoms with Gasteiger partial charge < -0.3 is 76.0 Å². The fourth-order valence-corrected chi connectivity index (χ4v) is 0. The predicted molar refractivity (Wildman–Crippen MR) is 27.3 cm³/mol. The molecule has 0 aromatic heterocycles.